The zero-order chi connectivity index (χ0) is 10.2. The number of hydrogen-bond donors (Lipinski definition) is 1. The Balaban J connectivity index is 1.86. The topological polar surface area (TPSA) is 21.3 Å². The summed E-state index contributed by atoms with van der Waals surface area (Å²) in [6.45, 7) is 7.39. The summed E-state index contributed by atoms with van der Waals surface area (Å²) in [4.78, 5) is 0. The van der Waals surface area contributed by atoms with Gasteiger partial charge in [-0.2, -0.15) is 0 Å². The van der Waals surface area contributed by atoms with Crippen LogP contribution in [-0.2, 0) is 4.74 Å². The fourth-order valence-corrected chi connectivity index (χ4v) is 1.85. The molecule has 14 heavy (non-hydrogen) atoms. The van der Waals surface area contributed by atoms with Crippen LogP contribution in [0, 0.1) is 5.92 Å². The molecule has 0 saturated heterocycles. The fraction of sp³-hybridized carbons (Fsp3) is 1.00. The molecule has 0 amide bonds. The van der Waals surface area contributed by atoms with Crippen molar-refractivity contribution < 1.29 is 4.74 Å². The molecule has 1 fully saturated rings. The van der Waals surface area contributed by atoms with Gasteiger partial charge in [-0.3, -0.25) is 0 Å². The third-order valence-electron chi connectivity index (χ3n) is 2.85. The second kappa shape index (κ2) is 7.24. The number of hydrogen-bond acceptors (Lipinski definition) is 2. The summed E-state index contributed by atoms with van der Waals surface area (Å²) in [5.74, 6) is 0.983. The van der Waals surface area contributed by atoms with Gasteiger partial charge in [0, 0.05) is 19.3 Å². The molecule has 0 aromatic heterocycles. The zero-order valence-electron chi connectivity index (χ0n) is 9.72. The van der Waals surface area contributed by atoms with Crippen molar-refractivity contribution in [3.63, 3.8) is 0 Å². The minimum atomic E-state index is 0.779. The van der Waals surface area contributed by atoms with Gasteiger partial charge in [0.15, 0.2) is 0 Å². The van der Waals surface area contributed by atoms with Crippen LogP contribution in [0.2, 0.25) is 0 Å². The predicted molar refractivity (Wildman–Crippen MR) is 60.5 cm³/mol. The average Bonchev–Trinajstić information content (AvgIpc) is 3.01. The normalized spacial score (nSPS) is 18.4. The maximum absolute atomic E-state index is 5.43. The van der Waals surface area contributed by atoms with Crippen molar-refractivity contribution in [2.75, 3.05) is 19.8 Å². The molecule has 2 nitrogen and oxygen atoms in total. The van der Waals surface area contributed by atoms with E-state index in [-0.39, 0.29) is 0 Å². The molecule has 1 N–H and O–H groups in total. The highest BCUT2D eigenvalue weighted by atomic mass is 16.5. The van der Waals surface area contributed by atoms with E-state index < -0.39 is 0 Å². The van der Waals surface area contributed by atoms with Crippen LogP contribution in [0.3, 0.4) is 0 Å². The summed E-state index contributed by atoms with van der Waals surface area (Å²) in [7, 11) is 0. The first kappa shape index (κ1) is 12.0. The van der Waals surface area contributed by atoms with Gasteiger partial charge >= 0.3 is 0 Å². The van der Waals surface area contributed by atoms with Gasteiger partial charge in [0.1, 0.15) is 0 Å². The molecule has 0 aliphatic heterocycles. The Bertz CT molecular complexity index is 134. The molecule has 0 bridgehead atoms. The van der Waals surface area contributed by atoms with Gasteiger partial charge < -0.3 is 10.1 Å². The van der Waals surface area contributed by atoms with Crippen molar-refractivity contribution >= 4 is 0 Å². The standard InChI is InChI=1S/C12H25NO/c1-3-9-14-10-5-8-13-12(4-2)11-6-7-11/h11-13H,3-10H2,1-2H3. The van der Waals surface area contributed by atoms with E-state index in [1.165, 1.54) is 19.3 Å². The third kappa shape index (κ3) is 4.97. The van der Waals surface area contributed by atoms with Crippen molar-refractivity contribution in [1.29, 1.82) is 0 Å². The van der Waals surface area contributed by atoms with Crippen LogP contribution in [0.25, 0.3) is 0 Å². The van der Waals surface area contributed by atoms with E-state index in [0.29, 0.717) is 0 Å². The van der Waals surface area contributed by atoms with Crippen LogP contribution >= 0.6 is 0 Å². The van der Waals surface area contributed by atoms with E-state index in [2.05, 4.69) is 19.2 Å². The lowest BCUT2D eigenvalue weighted by Crippen LogP contribution is -2.31. The van der Waals surface area contributed by atoms with Crippen molar-refractivity contribution in [1.82, 2.24) is 5.32 Å². The monoisotopic (exact) mass is 199 g/mol. The summed E-state index contributed by atoms with van der Waals surface area (Å²) >= 11 is 0. The summed E-state index contributed by atoms with van der Waals surface area (Å²) < 4.78 is 5.43. The second-order valence-corrected chi connectivity index (χ2v) is 4.27. The Labute approximate surface area is 88.4 Å². The molecule has 0 aromatic carbocycles. The molecular formula is C12H25NO. The van der Waals surface area contributed by atoms with Crippen LogP contribution < -0.4 is 5.32 Å². The lowest BCUT2D eigenvalue weighted by atomic mass is 10.1. The summed E-state index contributed by atoms with van der Waals surface area (Å²) in [5.41, 5.74) is 0. The highest BCUT2D eigenvalue weighted by Gasteiger charge is 2.28. The smallest absolute Gasteiger partial charge is 0.0478 e. The first-order valence-corrected chi connectivity index (χ1v) is 6.19. The molecule has 0 radical (unpaired) electrons. The van der Waals surface area contributed by atoms with E-state index in [9.17, 15) is 0 Å². The third-order valence-corrected chi connectivity index (χ3v) is 2.85. The highest BCUT2D eigenvalue weighted by molar-refractivity contribution is 4.85. The Hall–Kier alpha value is -0.0800. The van der Waals surface area contributed by atoms with E-state index in [4.69, 9.17) is 4.74 Å². The maximum Gasteiger partial charge on any atom is 0.0478 e. The van der Waals surface area contributed by atoms with Gasteiger partial charge in [-0.25, -0.2) is 0 Å². The number of rotatable bonds is 9. The predicted octanol–water partition coefficient (Wildman–Crippen LogP) is 2.58. The lowest BCUT2D eigenvalue weighted by molar-refractivity contribution is 0.131. The minimum Gasteiger partial charge on any atom is -0.381 e. The van der Waals surface area contributed by atoms with Gasteiger partial charge in [-0.05, 0) is 44.6 Å². The van der Waals surface area contributed by atoms with Crippen molar-refractivity contribution in [2.45, 2.75) is 52.0 Å². The molecule has 1 aliphatic carbocycles. The summed E-state index contributed by atoms with van der Waals surface area (Å²) in [6, 6.07) is 0.779. The van der Waals surface area contributed by atoms with E-state index in [0.717, 1.165) is 44.6 Å². The molecule has 1 unspecified atom stereocenters. The Morgan fingerprint density at radius 3 is 2.64 bits per heavy atom. The molecular weight excluding hydrogens is 174 g/mol. The number of ether oxygens (including phenoxy) is 1. The summed E-state index contributed by atoms with van der Waals surface area (Å²) in [5, 5.41) is 3.63. The molecule has 0 heterocycles. The zero-order valence-corrected chi connectivity index (χ0v) is 9.72. The highest BCUT2D eigenvalue weighted by Crippen LogP contribution is 2.33. The second-order valence-electron chi connectivity index (χ2n) is 4.27. The van der Waals surface area contributed by atoms with Gasteiger partial charge in [0.25, 0.3) is 0 Å². The molecule has 1 rings (SSSR count). The molecule has 1 aliphatic rings. The molecule has 2 heteroatoms. The van der Waals surface area contributed by atoms with E-state index in [1.54, 1.807) is 0 Å². The van der Waals surface area contributed by atoms with E-state index in [1.807, 2.05) is 0 Å². The SMILES string of the molecule is CCCOCCCNC(CC)C1CC1. The van der Waals surface area contributed by atoms with Gasteiger partial charge in [0.2, 0.25) is 0 Å². The number of nitrogens with one attached hydrogen (secondary N) is 1. The van der Waals surface area contributed by atoms with Gasteiger partial charge in [-0.1, -0.05) is 13.8 Å². The largest absolute Gasteiger partial charge is 0.381 e. The van der Waals surface area contributed by atoms with Crippen molar-refractivity contribution in [2.24, 2.45) is 5.92 Å². The van der Waals surface area contributed by atoms with Gasteiger partial charge in [0.05, 0.1) is 0 Å². The molecule has 0 spiro atoms. The molecule has 1 saturated carbocycles. The van der Waals surface area contributed by atoms with Crippen LogP contribution in [0.5, 0.6) is 0 Å². The quantitative estimate of drug-likeness (QED) is 0.576. The fourth-order valence-electron chi connectivity index (χ4n) is 1.85. The van der Waals surface area contributed by atoms with Crippen LogP contribution in [0.15, 0.2) is 0 Å². The van der Waals surface area contributed by atoms with Crippen molar-refractivity contribution in [3.8, 4) is 0 Å². The molecule has 0 aromatic rings. The molecule has 1 atom stereocenters. The Morgan fingerprint density at radius 1 is 1.29 bits per heavy atom. The summed E-state index contributed by atoms with van der Waals surface area (Å²) in [6.07, 6.45) is 6.45. The minimum absolute atomic E-state index is 0.779. The maximum atomic E-state index is 5.43. The van der Waals surface area contributed by atoms with Crippen LogP contribution in [0.1, 0.15) is 46.0 Å². The first-order valence-electron chi connectivity index (χ1n) is 6.19. The van der Waals surface area contributed by atoms with Crippen molar-refractivity contribution in [3.05, 3.63) is 0 Å². The first-order chi connectivity index (χ1) is 6.88. The van der Waals surface area contributed by atoms with Crippen LogP contribution in [-0.4, -0.2) is 25.8 Å². The molecule has 84 valence electrons. The average molecular weight is 199 g/mol. The lowest BCUT2D eigenvalue weighted by Gasteiger charge is -2.15. The Kier molecular flexibility index (Phi) is 6.20. The van der Waals surface area contributed by atoms with E-state index >= 15 is 0 Å². The van der Waals surface area contributed by atoms with Gasteiger partial charge in [-0.15, -0.1) is 0 Å². The van der Waals surface area contributed by atoms with Crippen LogP contribution in [0.4, 0.5) is 0 Å². The Morgan fingerprint density at radius 2 is 2.07 bits per heavy atom.